The van der Waals surface area contributed by atoms with Crippen LogP contribution in [0.15, 0.2) is 12.1 Å². The molecular formula is C15H24O. The second-order valence-electron chi connectivity index (χ2n) is 5.32. The molecule has 1 nitrogen and oxygen atoms in total. The molecule has 0 N–H and O–H groups in total. The Bertz CT molecular complexity index is 327. The van der Waals surface area contributed by atoms with Crippen molar-refractivity contribution < 1.29 is 4.74 Å². The van der Waals surface area contributed by atoms with Crippen LogP contribution in [0.2, 0.25) is 0 Å². The zero-order valence-electron chi connectivity index (χ0n) is 11.4. The zero-order valence-corrected chi connectivity index (χ0v) is 11.4. The van der Waals surface area contributed by atoms with Gasteiger partial charge in [0, 0.05) is 0 Å². The van der Waals surface area contributed by atoms with E-state index in [9.17, 15) is 0 Å². The average molecular weight is 220 g/mol. The van der Waals surface area contributed by atoms with Crippen LogP contribution in [-0.4, -0.2) is 6.10 Å². The first kappa shape index (κ1) is 13.1. The highest BCUT2D eigenvalue weighted by Gasteiger charge is 2.08. The van der Waals surface area contributed by atoms with E-state index in [0.717, 1.165) is 12.2 Å². The summed E-state index contributed by atoms with van der Waals surface area (Å²) in [5, 5.41) is 0. The first-order valence-corrected chi connectivity index (χ1v) is 6.17. The van der Waals surface area contributed by atoms with Gasteiger partial charge < -0.3 is 4.74 Å². The summed E-state index contributed by atoms with van der Waals surface area (Å²) < 4.78 is 5.84. The fourth-order valence-electron chi connectivity index (χ4n) is 2.05. The van der Waals surface area contributed by atoms with Gasteiger partial charge in [0.2, 0.25) is 0 Å². The van der Waals surface area contributed by atoms with Crippen LogP contribution in [0.1, 0.15) is 44.4 Å². The quantitative estimate of drug-likeness (QED) is 0.735. The van der Waals surface area contributed by atoms with Crippen molar-refractivity contribution in [3.8, 4) is 5.75 Å². The Labute approximate surface area is 99.8 Å². The van der Waals surface area contributed by atoms with E-state index in [-0.39, 0.29) is 6.10 Å². The maximum absolute atomic E-state index is 5.84. The van der Waals surface area contributed by atoms with Crippen LogP contribution >= 0.6 is 0 Å². The lowest BCUT2D eigenvalue weighted by Gasteiger charge is -2.17. The van der Waals surface area contributed by atoms with Gasteiger partial charge in [-0.2, -0.15) is 0 Å². The van der Waals surface area contributed by atoms with Gasteiger partial charge in [0.05, 0.1) is 6.10 Å². The molecule has 0 aromatic heterocycles. The molecule has 0 saturated heterocycles. The van der Waals surface area contributed by atoms with E-state index < -0.39 is 0 Å². The number of aryl methyl sites for hydroxylation is 2. The van der Waals surface area contributed by atoms with Gasteiger partial charge in [-0.1, -0.05) is 26.0 Å². The molecule has 0 amide bonds. The van der Waals surface area contributed by atoms with Crippen molar-refractivity contribution >= 4 is 0 Å². The van der Waals surface area contributed by atoms with Crippen molar-refractivity contribution in [2.45, 2.75) is 54.1 Å². The van der Waals surface area contributed by atoms with Crippen LogP contribution in [0.3, 0.4) is 0 Å². The van der Waals surface area contributed by atoms with Gasteiger partial charge in [-0.3, -0.25) is 0 Å². The van der Waals surface area contributed by atoms with Crippen molar-refractivity contribution in [3.05, 3.63) is 28.8 Å². The minimum absolute atomic E-state index is 0.244. The minimum atomic E-state index is 0.244. The van der Waals surface area contributed by atoms with Crippen LogP contribution in [0, 0.1) is 19.8 Å². The fourth-order valence-corrected chi connectivity index (χ4v) is 2.05. The summed E-state index contributed by atoms with van der Waals surface area (Å²) in [5.41, 5.74) is 3.93. The molecule has 1 rings (SSSR count). The van der Waals surface area contributed by atoms with E-state index in [1.54, 1.807) is 0 Å². The second kappa shape index (κ2) is 5.38. The minimum Gasteiger partial charge on any atom is -0.490 e. The predicted octanol–water partition coefficient (Wildman–Crippen LogP) is 4.29. The monoisotopic (exact) mass is 220 g/mol. The molecule has 0 spiro atoms. The number of hydrogen-bond acceptors (Lipinski definition) is 1. The Morgan fingerprint density at radius 2 is 1.50 bits per heavy atom. The lowest BCUT2D eigenvalue weighted by molar-refractivity contribution is 0.239. The van der Waals surface area contributed by atoms with Gasteiger partial charge >= 0.3 is 0 Å². The van der Waals surface area contributed by atoms with Crippen molar-refractivity contribution in [2.24, 2.45) is 5.92 Å². The molecule has 0 unspecified atom stereocenters. The third-order valence-electron chi connectivity index (χ3n) is 2.52. The van der Waals surface area contributed by atoms with Crippen LogP contribution in [-0.2, 0) is 6.42 Å². The molecule has 0 aliphatic carbocycles. The van der Waals surface area contributed by atoms with Gasteiger partial charge in [-0.05, 0) is 56.7 Å². The topological polar surface area (TPSA) is 9.23 Å². The third kappa shape index (κ3) is 3.55. The maximum Gasteiger partial charge on any atom is 0.125 e. The highest BCUT2D eigenvalue weighted by atomic mass is 16.5. The van der Waals surface area contributed by atoms with E-state index in [2.05, 4.69) is 53.7 Å². The van der Waals surface area contributed by atoms with Gasteiger partial charge in [-0.25, -0.2) is 0 Å². The van der Waals surface area contributed by atoms with Crippen molar-refractivity contribution in [1.82, 2.24) is 0 Å². The van der Waals surface area contributed by atoms with Crippen LogP contribution in [0.25, 0.3) is 0 Å². The Balaban J connectivity index is 2.98. The van der Waals surface area contributed by atoms with Gasteiger partial charge in [-0.15, -0.1) is 0 Å². The molecule has 1 aromatic carbocycles. The highest BCUT2D eigenvalue weighted by Crippen LogP contribution is 2.26. The largest absolute Gasteiger partial charge is 0.490 e. The first-order valence-electron chi connectivity index (χ1n) is 6.17. The molecule has 16 heavy (non-hydrogen) atoms. The Morgan fingerprint density at radius 1 is 1.00 bits per heavy atom. The van der Waals surface area contributed by atoms with Gasteiger partial charge in [0.1, 0.15) is 5.75 Å². The summed E-state index contributed by atoms with van der Waals surface area (Å²) in [6.45, 7) is 12.9. The fraction of sp³-hybridized carbons (Fsp3) is 0.600. The third-order valence-corrected chi connectivity index (χ3v) is 2.52. The Morgan fingerprint density at radius 3 is 1.88 bits per heavy atom. The Hall–Kier alpha value is -0.980. The molecule has 0 aliphatic rings. The van der Waals surface area contributed by atoms with Crippen LogP contribution in [0.4, 0.5) is 0 Å². The number of hydrogen-bond donors (Lipinski definition) is 0. The molecule has 0 heterocycles. The molecule has 0 fully saturated rings. The molecule has 0 atom stereocenters. The predicted molar refractivity (Wildman–Crippen MR) is 70.2 cm³/mol. The SMILES string of the molecule is Cc1cc(CC(C)C)cc(C)c1OC(C)C. The van der Waals surface area contributed by atoms with Crippen molar-refractivity contribution in [2.75, 3.05) is 0 Å². The van der Waals surface area contributed by atoms with E-state index in [0.29, 0.717) is 5.92 Å². The Kier molecular flexibility index (Phi) is 4.40. The first-order chi connectivity index (χ1) is 7.40. The standard InChI is InChI=1S/C15H24O/c1-10(2)7-14-8-12(5)15(13(6)9-14)16-11(3)4/h8-11H,7H2,1-6H3. The van der Waals surface area contributed by atoms with Crippen molar-refractivity contribution in [1.29, 1.82) is 0 Å². The second-order valence-corrected chi connectivity index (χ2v) is 5.32. The summed E-state index contributed by atoms with van der Waals surface area (Å²) in [7, 11) is 0. The highest BCUT2D eigenvalue weighted by molar-refractivity contribution is 5.43. The lowest BCUT2D eigenvalue weighted by atomic mass is 9.98. The number of rotatable bonds is 4. The summed E-state index contributed by atoms with van der Waals surface area (Å²) in [6, 6.07) is 4.51. The van der Waals surface area contributed by atoms with E-state index in [4.69, 9.17) is 4.74 Å². The van der Waals surface area contributed by atoms with Crippen LogP contribution < -0.4 is 4.74 Å². The van der Waals surface area contributed by atoms with E-state index >= 15 is 0 Å². The van der Waals surface area contributed by atoms with E-state index in [1.807, 2.05) is 0 Å². The van der Waals surface area contributed by atoms with Gasteiger partial charge in [0.15, 0.2) is 0 Å². The maximum atomic E-state index is 5.84. The summed E-state index contributed by atoms with van der Waals surface area (Å²) in [4.78, 5) is 0. The van der Waals surface area contributed by atoms with Gasteiger partial charge in [0.25, 0.3) is 0 Å². The number of benzene rings is 1. The molecule has 90 valence electrons. The average Bonchev–Trinajstić information content (AvgIpc) is 2.10. The molecule has 1 aromatic rings. The lowest BCUT2D eigenvalue weighted by Crippen LogP contribution is -2.08. The summed E-state index contributed by atoms with van der Waals surface area (Å²) in [6.07, 6.45) is 1.39. The zero-order chi connectivity index (χ0) is 12.3. The summed E-state index contributed by atoms with van der Waals surface area (Å²) >= 11 is 0. The summed E-state index contributed by atoms with van der Waals surface area (Å²) in [5.74, 6) is 1.76. The molecule has 0 aliphatic heterocycles. The molecular weight excluding hydrogens is 196 g/mol. The molecule has 0 saturated carbocycles. The normalized spacial score (nSPS) is 11.2. The molecule has 1 heteroatoms. The molecule has 0 bridgehead atoms. The van der Waals surface area contributed by atoms with Crippen molar-refractivity contribution in [3.63, 3.8) is 0 Å². The van der Waals surface area contributed by atoms with Crippen LogP contribution in [0.5, 0.6) is 5.75 Å². The van der Waals surface area contributed by atoms with E-state index in [1.165, 1.54) is 16.7 Å². The molecule has 0 radical (unpaired) electrons. The number of ether oxygens (including phenoxy) is 1. The smallest absolute Gasteiger partial charge is 0.125 e.